The highest BCUT2D eigenvalue weighted by Crippen LogP contribution is 2.60. The highest BCUT2D eigenvalue weighted by molar-refractivity contribution is 5.90. The fourth-order valence-corrected chi connectivity index (χ4v) is 5.43. The molecule has 0 heterocycles. The molecule has 4 aliphatic carbocycles. The van der Waals surface area contributed by atoms with Crippen LogP contribution in [0, 0.1) is 23.2 Å². The van der Waals surface area contributed by atoms with Gasteiger partial charge in [0.05, 0.1) is 12.2 Å². The average Bonchev–Trinajstić information content (AvgIpc) is 2.43. The molecule has 3 nitrogen and oxygen atoms in total. The normalized spacial score (nSPS) is 36.7. The minimum absolute atomic E-state index is 0.224. The van der Waals surface area contributed by atoms with Crippen LogP contribution in [-0.4, -0.2) is 12.6 Å². The highest BCUT2D eigenvalue weighted by Gasteiger charge is 2.51. The van der Waals surface area contributed by atoms with Crippen molar-refractivity contribution in [3.8, 4) is 0 Å². The number of benzene rings is 1. The number of nitrogen functional groups attached to an aromatic ring is 1. The summed E-state index contributed by atoms with van der Waals surface area (Å²) in [5.41, 5.74) is 7.19. The van der Waals surface area contributed by atoms with Gasteiger partial charge in [0.15, 0.2) is 0 Å². The van der Waals surface area contributed by atoms with Crippen molar-refractivity contribution in [2.45, 2.75) is 38.5 Å². The van der Waals surface area contributed by atoms with E-state index in [9.17, 15) is 4.79 Å². The van der Waals surface area contributed by atoms with Crippen LogP contribution in [0.5, 0.6) is 0 Å². The molecule has 0 unspecified atom stereocenters. The van der Waals surface area contributed by atoms with Crippen molar-refractivity contribution in [3.05, 3.63) is 29.8 Å². The maximum absolute atomic E-state index is 12.2. The molecule has 2 N–H and O–H groups in total. The molecular formula is C18H23NO2. The molecule has 4 aliphatic rings. The van der Waals surface area contributed by atoms with Crippen LogP contribution >= 0.6 is 0 Å². The van der Waals surface area contributed by atoms with Gasteiger partial charge >= 0.3 is 5.97 Å². The lowest BCUT2D eigenvalue weighted by Crippen LogP contribution is -2.48. The zero-order valence-corrected chi connectivity index (χ0v) is 12.4. The molecule has 0 aliphatic heterocycles. The Morgan fingerprint density at radius 2 is 1.76 bits per heavy atom. The summed E-state index contributed by atoms with van der Waals surface area (Å²) < 4.78 is 5.67. The number of esters is 1. The van der Waals surface area contributed by atoms with Crippen molar-refractivity contribution in [3.63, 3.8) is 0 Å². The van der Waals surface area contributed by atoms with Crippen LogP contribution in [-0.2, 0) is 4.74 Å². The van der Waals surface area contributed by atoms with E-state index in [1.165, 1.54) is 38.5 Å². The van der Waals surface area contributed by atoms with Crippen molar-refractivity contribution in [2.75, 3.05) is 12.3 Å². The van der Waals surface area contributed by atoms with E-state index in [1.807, 2.05) is 0 Å². The van der Waals surface area contributed by atoms with Gasteiger partial charge in [0, 0.05) is 11.1 Å². The predicted molar refractivity (Wildman–Crippen MR) is 81.7 cm³/mol. The predicted octanol–water partition coefficient (Wildman–Crippen LogP) is 3.64. The second kappa shape index (κ2) is 4.75. The van der Waals surface area contributed by atoms with Crippen LogP contribution < -0.4 is 5.73 Å². The molecule has 1 aromatic rings. The highest BCUT2D eigenvalue weighted by atomic mass is 16.5. The first-order valence-electron chi connectivity index (χ1n) is 8.15. The fourth-order valence-electron chi connectivity index (χ4n) is 5.43. The monoisotopic (exact) mass is 285 g/mol. The van der Waals surface area contributed by atoms with Gasteiger partial charge in [-0.25, -0.2) is 4.79 Å². The fraction of sp³-hybridized carbons (Fsp3) is 0.611. The zero-order chi connectivity index (χ0) is 14.4. The third kappa shape index (κ3) is 2.43. The zero-order valence-electron chi connectivity index (χ0n) is 12.4. The molecular weight excluding hydrogens is 262 g/mol. The second-order valence-corrected chi connectivity index (χ2v) is 7.62. The maximum atomic E-state index is 12.2. The van der Waals surface area contributed by atoms with Gasteiger partial charge in [0.25, 0.3) is 0 Å². The van der Waals surface area contributed by atoms with E-state index in [0.717, 1.165) is 17.8 Å². The van der Waals surface area contributed by atoms with Gasteiger partial charge in [-0.15, -0.1) is 0 Å². The molecule has 0 spiro atoms. The number of hydrogen-bond donors (Lipinski definition) is 1. The lowest BCUT2D eigenvalue weighted by atomic mass is 9.50. The first-order chi connectivity index (χ1) is 10.1. The van der Waals surface area contributed by atoms with Crippen LogP contribution in [0.1, 0.15) is 48.9 Å². The van der Waals surface area contributed by atoms with E-state index < -0.39 is 0 Å². The Hall–Kier alpha value is -1.51. The summed E-state index contributed by atoms with van der Waals surface area (Å²) in [5.74, 6) is 2.45. The molecule has 4 saturated carbocycles. The van der Waals surface area contributed by atoms with E-state index in [2.05, 4.69) is 0 Å². The van der Waals surface area contributed by atoms with Crippen LogP contribution in [0.2, 0.25) is 0 Å². The number of rotatable bonds is 3. The van der Waals surface area contributed by atoms with Crippen LogP contribution in [0.15, 0.2) is 24.3 Å². The van der Waals surface area contributed by atoms with Gasteiger partial charge in [-0.3, -0.25) is 0 Å². The summed E-state index contributed by atoms with van der Waals surface area (Å²) in [5, 5.41) is 0. The summed E-state index contributed by atoms with van der Waals surface area (Å²) in [6, 6.07) is 7.06. The van der Waals surface area contributed by atoms with Gasteiger partial charge in [0.2, 0.25) is 0 Å². The Morgan fingerprint density at radius 3 is 2.33 bits per heavy atom. The number of hydrogen-bond acceptors (Lipinski definition) is 3. The number of nitrogens with two attached hydrogens (primary N) is 1. The number of carbonyl (C=O) groups is 1. The second-order valence-electron chi connectivity index (χ2n) is 7.62. The Balaban J connectivity index is 1.44. The molecule has 0 atom stereocenters. The van der Waals surface area contributed by atoms with Gasteiger partial charge in [0.1, 0.15) is 0 Å². The van der Waals surface area contributed by atoms with Crippen molar-refractivity contribution in [1.29, 1.82) is 0 Å². The number of ether oxygens (including phenoxy) is 1. The molecule has 112 valence electrons. The largest absolute Gasteiger partial charge is 0.462 e. The Bertz CT molecular complexity index is 531. The van der Waals surface area contributed by atoms with Gasteiger partial charge in [-0.1, -0.05) is 6.07 Å². The lowest BCUT2D eigenvalue weighted by Gasteiger charge is -2.56. The Labute approximate surface area is 125 Å². The first-order valence-corrected chi connectivity index (χ1v) is 8.15. The van der Waals surface area contributed by atoms with E-state index in [-0.39, 0.29) is 11.4 Å². The SMILES string of the molecule is Nc1cccc(C(=O)OCC23CC4CC(CC(C4)C2)C3)c1. The molecule has 3 heteroatoms. The van der Waals surface area contributed by atoms with E-state index in [0.29, 0.717) is 17.9 Å². The molecule has 4 fully saturated rings. The summed E-state index contributed by atoms with van der Waals surface area (Å²) in [7, 11) is 0. The molecule has 0 aromatic heterocycles. The lowest BCUT2D eigenvalue weighted by molar-refractivity contribution is -0.0848. The topological polar surface area (TPSA) is 52.3 Å². The molecule has 21 heavy (non-hydrogen) atoms. The minimum Gasteiger partial charge on any atom is -0.462 e. The van der Waals surface area contributed by atoms with Crippen molar-refractivity contribution >= 4 is 11.7 Å². The number of anilines is 1. The van der Waals surface area contributed by atoms with E-state index in [4.69, 9.17) is 10.5 Å². The first kappa shape index (κ1) is 13.2. The van der Waals surface area contributed by atoms with Crippen LogP contribution in [0.3, 0.4) is 0 Å². The third-order valence-corrected chi connectivity index (χ3v) is 5.80. The van der Waals surface area contributed by atoms with Gasteiger partial charge < -0.3 is 10.5 Å². The standard InChI is InChI=1S/C18H23NO2/c19-16-3-1-2-15(7-16)17(20)21-11-18-8-12-4-13(9-18)6-14(5-12)10-18/h1-3,7,12-14H,4-6,8-11,19H2. The Morgan fingerprint density at radius 1 is 1.14 bits per heavy atom. The molecule has 0 amide bonds. The number of carbonyl (C=O) groups excluding carboxylic acids is 1. The quantitative estimate of drug-likeness (QED) is 0.681. The Kier molecular flexibility index (Phi) is 2.98. The van der Waals surface area contributed by atoms with Gasteiger partial charge in [-0.05, 0) is 74.5 Å². The smallest absolute Gasteiger partial charge is 0.338 e. The molecule has 4 bridgehead atoms. The van der Waals surface area contributed by atoms with Crippen LogP contribution in [0.25, 0.3) is 0 Å². The molecule has 0 saturated heterocycles. The van der Waals surface area contributed by atoms with E-state index in [1.54, 1.807) is 24.3 Å². The molecule has 0 radical (unpaired) electrons. The summed E-state index contributed by atoms with van der Waals surface area (Å²) in [6.07, 6.45) is 8.06. The summed E-state index contributed by atoms with van der Waals surface area (Å²) >= 11 is 0. The third-order valence-electron chi connectivity index (χ3n) is 5.80. The summed E-state index contributed by atoms with van der Waals surface area (Å²) in [6.45, 7) is 0.601. The molecule has 5 rings (SSSR count). The minimum atomic E-state index is -0.224. The van der Waals surface area contributed by atoms with Crippen molar-refractivity contribution in [2.24, 2.45) is 23.2 Å². The molecule has 1 aromatic carbocycles. The summed E-state index contributed by atoms with van der Waals surface area (Å²) in [4.78, 5) is 12.2. The van der Waals surface area contributed by atoms with Crippen molar-refractivity contribution in [1.82, 2.24) is 0 Å². The average molecular weight is 285 g/mol. The maximum Gasteiger partial charge on any atom is 0.338 e. The van der Waals surface area contributed by atoms with E-state index >= 15 is 0 Å². The van der Waals surface area contributed by atoms with Crippen LogP contribution in [0.4, 0.5) is 5.69 Å². The van der Waals surface area contributed by atoms with Crippen molar-refractivity contribution < 1.29 is 9.53 Å². The van der Waals surface area contributed by atoms with Gasteiger partial charge in [-0.2, -0.15) is 0 Å².